The SMILES string of the molecule is Cc1ccc(Cl)cc1Nc1ccc(N)c(OC(C)(C)C)n1. The van der Waals surface area contributed by atoms with Crippen LogP contribution in [0.15, 0.2) is 30.3 Å². The minimum absolute atomic E-state index is 0.355. The number of nitrogens with zero attached hydrogens (tertiary/aromatic N) is 1. The number of nitrogens with two attached hydrogens (primary N) is 1. The third kappa shape index (κ3) is 4.26. The summed E-state index contributed by atoms with van der Waals surface area (Å²) in [6, 6.07) is 9.25. The molecule has 0 saturated heterocycles. The summed E-state index contributed by atoms with van der Waals surface area (Å²) < 4.78 is 5.76. The molecule has 0 amide bonds. The average Bonchev–Trinajstić information content (AvgIpc) is 2.36. The van der Waals surface area contributed by atoms with Crippen molar-refractivity contribution < 1.29 is 4.74 Å². The van der Waals surface area contributed by atoms with E-state index < -0.39 is 0 Å². The number of anilines is 3. The number of aryl methyl sites for hydroxylation is 1. The topological polar surface area (TPSA) is 60.2 Å². The standard InChI is InChI=1S/C16H20ClN3O/c1-10-5-6-11(17)9-13(10)19-14-8-7-12(18)15(20-14)21-16(2,3)4/h5-9H,18H2,1-4H3,(H,19,20). The molecule has 0 unspecified atom stereocenters. The van der Waals surface area contributed by atoms with Crippen LogP contribution in [0.5, 0.6) is 5.88 Å². The largest absolute Gasteiger partial charge is 0.470 e. The van der Waals surface area contributed by atoms with E-state index in [1.165, 1.54) is 0 Å². The van der Waals surface area contributed by atoms with Gasteiger partial charge in [-0.25, -0.2) is 0 Å². The fraction of sp³-hybridized carbons (Fsp3) is 0.312. The molecule has 0 aliphatic heterocycles. The number of ether oxygens (including phenoxy) is 1. The Bertz CT molecular complexity index is 650. The van der Waals surface area contributed by atoms with E-state index in [1.54, 1.807) is 6.07 Å². The molecular weight excluding hydrogens is 286 g/mol. The number of hydrogen-bond donors (Lipinski definition) is 2. The smallest absolute Gasteiger partial charge is 0.239 e. The van der Waals surface area contributed by atoms with Crippen LogP contribution in [0.25, 0.3) is 0 Å². The van der Waals surface area contributed by atoms with Crippen molar-refractivity contribution in [3.05, 3.63) is 40.9 Å². The van der Waals surface area contributed by atoms with Crippen molar-refractivity contribution in [3.8, 4) is 5.88 Å². The van der Waals surface area contributed by atoms with Gasteiger partial charge in [0.25, 0.3) is 0 Å². The molecule has 4 nitrogen and oxygen atoms in total. The van der Waals surface area contributed by atoms with Crippen molar-refractivity contribution in [1.29, 1.82) is 0 Å². The maximum atomic E-state index is 6.02. The monoisotopic (exact) mass is 305 g/mol. The lowest BCUT2D eigenvalue weighted by atomic mass is 10.2. The van der Waals surface area contributed by atoms with Crippen molar-refractivity contribution in [3.63, 3.8) is 0 Å². The van der Waals surface area contributed by atoms with E-state index in [4.69, 9.17) is 22.1 Å². The molecule has 0 spiro atoms. The molecule has 1 aromatic heterocycles. The second kappa shape index (κ2) is 5.82. The number of pyridine rings is 1. The van der Waals surface area contributed by atoms with E-state index >= 15 is 0 Å². The quantitative estimate of drug-likeness (QED) is 0.873. The van der Waals surface area contributed by atoms with Crippen LogP contribution in [0, 0.1) is 6.92 Å². The lowest BCUT2D eigenvalue weighted by molar-refractivity contribution is 0.125. The molecule has 0 radical (unpaired) electrons. The third-order valence-corrected chi connectivity index (χ3v) is 2.99. The molecule has 112 valence electrons. The van der Waals surface area contributed by atoms with Crippen LogP contribution < -0.4 is 15.8 Å². The van der Waals surface area contributed by atoms with Gasteiger partial charge in [0.1, 0.15) is 11.4 Å². The van der Waals surface area contributed by atoms with E-state index in [2.05, 4.69) is 10.3 Å². The minimum atomic E-state index is -0.355. The van der Waals surface area contributed by atoms with E-state index in [-0.39, 0.29) is 5.60 Å². The Morgan fingerprint density at radius 2 is 1.90 bits per heavy atom. The van der Waals surface area contributed by atoms with Crippen LogP contribution in [-0.2, 0) is 0 Å². The average molecular weight is 306 g/mol. The predicted octanol–water partition coefficient (Wildman–Crippen LogP) is 4.55. The fourth-order valence-corrected chi connectivity index (χ4v) is 1.93. The van der Waals surface area contributed by atoms with Crippen molar-refractivity contribution in [2.45, 2.75) is 33.3 Å². The van der Waals surface area contributed by atoms with Crippen LogP contribution >= 0.6 is 11.6 Å². The summed E-state index contributed by atoms with van der Waals surface area (Å²) in [6.45, 7) is 7.86. The minimum Gasteiger partial charge on any atom is -0.470 e. The summed E-state index contributed by atoms with van der Waals surface area (Å²) in [5.74, 6) is 1.08. The van der Waals surface area contributed by atoms with E-state index in [0.717, 1.165) is 11.3 Å². The van der Waals surface area contributed by atoms with Gasteiger partial charge in [0, 0.05) is 10.7 Å². The van der Waals surface area contributed by atoms with E-state index in [0.29, 0.717) is 22.4 Å². The lowest BCUT2D eigenvalue weighted by Gasteiger charge is -2.22. The second-order valence-corrected chi connectivity index (χ2v) is 6.33. The maximum Gasteiger partial charge on any atom is 0.239 e. The normalized spacial score (nSPS) is 11.3. The number of halogens is 1. The highest BCUT2D eigenvalue weighted by Gasteiger charge is 2.15. The molecule has 2 rings (SSSR count). The molecule has 1 heterocycles. The fourth-order valence-electron chi connectivity index (χ4n) is 1.76. The van der Waals surface area contributed by atoms with Crippen LogP contribution in [0.3, 0.4) is 0 Å². The first-order valence-corrected chi connectivity index (χ1v) is 7.11. The van der Waals surface area contributed by atoms with E-state index in [9.17, 15) is 0 Å². The van der Waals surface area contributed by atoms with Crippen molar-refractivity contribution >= 4 is 28.8 Å². The molecule has 21 heavy (non-hydrogen) atoms. The van der Waals surface area contributed by atoms with Crippen LogP contribution in [0.4, 0.5) is 17.2 Å². The first-order valence-electron chi connectivity index (χ1n) is 6.73. The summed E-state index contributed by atoms with van der Waals surface area (Å²) in [5, 5.41) is 3.91. The summed E-state index contributed by atoms with van der Waals surface area (Å²) in [5.41, 5.74) is 8.05. The molecular formula is C16H20ClN3O. The zero-order valence-electron chi connectivity index (χ0n) is 12.7. The first kappa shape index (κ1) is 15.4. The van der Waals surface area contributed by atoms with Crippen molar-refractivity contribution in [1.82, 2.24) is 4.98 Å². The van der Waals surface area contributed by atoms with Gasteiger partial charge >= 0.3 is 0 Å². The molecule has 1 aromatic carbocycles. The van der Waals surface area contributed by atoms with E-state index in [1.807, 2.05) is 52.0 Å². The number of nitrogen functional groups attached to an aromatic ring is 1. The van der Waals surface area contributed by atoms with Gasteiger partial charge in [0.05, 0.1) is 5.69 Å². The summed E-state index contributed by atoms with van der Waals surface area (Å²) in [6.07, 6.45) is 0. The maximum absolute atomic E-state index is 6.02. The lowest BCUT2D eigenvalue weighted by Crippen LogP contribution is -2.24. The van der Waals surface area contributed by atoms with Crippen molar-refractivity contribution in [2.75, 3.05) is 11.1 Å². The highest BCUT2D eigenvalue weighted by atomic mass is 35.5. The molecule has 0 bridgehead atoms. The Hall–Kier alpha value is -1.94. The number of benzene rings is 1. The molecule has 0 aliphatic rings. The summed E-state index contributed by atoms with van der Waals surface area (Å²) in [7, 11) is 0. The van der Waals surface area contributed by atoms with Crippen molar-refractivity contribution in [2.24, 2.45) is 0 Å². The van der Waals surface area contributed by atoms with Gasteiger partial charge in [-0.15, -0.1) is 0 Å². The van der Waals surface area contributed by atoms with Crippen LogP contribution in [0.2, 0.25) is 5.02 Å². The second-order valence-electron chi connectivity index (χ2n) is 5.89. The van der Waals surface area contributed by atoms with Crippen LogP contribution in [0.1, 0.15) is 26.3 Å². The molecule has 2 aromatic rings. The Morgan fingerprint density at radius 3 is 2.57 bits per heavy atom. The Balaban J connectivity index is 2.29. The Labute approximate surface area is 130 Å². The highest BCUT2D eigenvalue weighted by Crippen LogP contribution is 2.28. The summed E-state index contributed by atoms with van der Waals surface area (Å²) in [4.78, 5) is 4.42. The van der Waals surface area contributed by atoms with Gasteiger partial charge in [0.2, 0.25) is 5.88 Å². The molecule has 0 fully saturated rings. The Kier molecular flexibility index (Phi) is 4.28. The number of nitrogens with one attached hydrogen (secondary N) is 1. The highest BCUT2D eigenvalue weighted by molar-refractivity contribution is 6.30. The van der Waals surface area contributed by atoms with Gasteiger partial charge in [-0.1, -0.05) is 17.7 Å². The zero-order valence-corrected chi connectivity index (χ0v) is 13.5. The van der Waals surface area contributed by atoms with Gasteiger partial charge in [-0.3, -0.25) is 0 Å². The van der Waals surface area contributed by atoms with Gasteiger partial charge < -0.3 is 15.8 Å². The van der Waals surface area contributed by atoms with Crippen LogP contribution in [-0.4, -0.2) is 10.6 Å². The number of aromatic nitrogens is 1. The molecule has 5 heteroatoms. The molecule has 0 atom stereocenters. The molecule has 3 N–H and O–H groups in total. The summed E-state index contributed by atoms with van der Waals surface area (Å²) >= 11 is 6.02. The predicted molar refractivity (Wildman–Crippen MR) is 88.5 cm³/mol. The molecule has 0 saturated carbocycles. The first-order chi connectivity index (χ1) is 9.74. The van der Waals surface area contributed by atoms with Gasteiger partial charge in [-0.05, 0) is 57.5 Å². The number of rotatable bonds is 3. The van der Waals surface area contributed by atoms with Gasteiger partial charge in [-0.2, -0.15) is 4.98 Å². The number of hydrogen-bond acceptors (Lipinski definition) is 4. The third-order valence-electron chi connectivity index (χ3n) is 2.75. The zero-order chi connectivity index (χ0) is 15.6. The van der Waals surface area contributed by atoms with Gasteiger partial charge in [0.15, 0.2) is 0 Å². The Morgan fingerprint density at radius 1 is 1.19 bits per heavy atom. The molecule has 0 aliphatic carbocycles.